The second-order valence-electron chi connectivity index (χ2n) is 6.70. The Hall–Kier alpha value is -3.26. The first-order chi connectivity index (χ1) is 14.6. The number of benzene rings is 2. The third kappa shape index (κ3) is 5.27. The summed E-state index contributed by atoms with van der Waals surface area (Å²) in [6.45, 7) is 3.23. The summed E-state index contributed by atoms with van der Waals surface area (Å²) < 4.78 is 50.1. The van der Waals surface area contributed by atoms with Gasteiger partial charge in [-0.2, -0.15) is 13.2 Å². The first kappa shape index (κ1) is 22.4. The van der Waals surface area contributed by atoms with Crippen LogP contribution in [0.4, 0.5) is 18.9 Å². The topological polar surface area (TPSA) is 68.5 Å². The zero-order valence-corrected chi connectivity index (χ0v) is 17.2. The van der Waals surface area contributed by atoms with Gasteiger partial charge in [-0.3, -0.25) is 4.79 Å². The molecular formula is C22H17ClF3NO4. The summed E-state index contributed by atoms with van der Waals surface area (Å²) in [7, 11) is 0. The fourth-order valence-corrected chi connectivity index (χ4v) is 3.16. The molecule has 1 N–H and O–H groups in total. The van der Waals surface area contributed by atoms with Crippen LogP contribution in [0.5, 0.6) is 0 Å². The normalized spacial score (nSPS) is 12.3. The van der Waals surface area contributed by atoms with E-state index < -0.39 is 34.7 Å². The van der Waals surface area contributed by atoms with Crippen LogP contribution >= 0.6 is 11.6 Å². The summed E-state index contributed by atoms with van der Waals surface area (Å²) in [5, 5.41) is 1.86. The molecule has 0 aliphatic heterocycles. The maximum atomic E-state index is 13.1. The molecule has 1 amide bonds. The van der Waals surface area contributed by atoms with Crippen LogP contribution in [0.3, 0.4) is 0 Å². The number of rotatable bonds is 5. The van der Waals surface area contributed by atoms with Crippen molar-refractivity contribution in [1.29, 1.82) is 0 Å². The highest BCUT2D eigenvalue weighted by atomic mass is 35.5. The highest BCUT2D eigenvalue weighted by molar-refractivity contribution is 6.31. The van der Waals surface area contributed by atoms with Gasteiger partial charge < -0.3 is 14.5 Å². The molecule has 0 spiro atoms. The van der Waals surface area contributed by atoms with Crippen molar-refractivity contribution in [2.45, 2.75) is 26.1 Å². The van der Waals surface area contributed by atoms with Gasteiger partial charge in [0.25, 0.3) is 5.91 Å². The first-order valence-electron chi connectivity index (χ1n) is 9.07. The van der Waals surface area contributed by atoms with E-state index >= 15 is 0 Å². The molecule has 9 heteroatoms. The number of anilines is 1. The molecule has 0 aliphatic carbocycles. The second kappa shape index (κ2) is 8.85. The van der Waals surface area contributed by atoms with Crippen molar-refractivity contribution < 1.29 is 31.9 Å². The Morgan fingerprint density at radius 2 is 1.74 bits per heavy atom. The van der Waals surface area contributed by atoms with Crippen LogP contribution in [0, 0.1) is 13.8 Å². The van der Waals surface area contributed by atoms with Gasteiger partial charge >= 0.3 is 12.1 Å². The minimum absolute atomic E-state index is 0.144. The molecule has 0 radical (unpaired) electrons. The van der Waals surface area contributed by atoms with Crippen molar-refractivity contribution >= 4 is 29.2 Å². The number of aryl methyl sites for hydroxylation is 2. The summed E-state index contributed by atoms with van der Waals surface area (Å²) in [5.41, 5.74) is -0.743. The van der Waals surface area contributed by atoms with Gasteiger partial charge in [0.15, 0.2) is 0 Å². The van der Waals surface area contributed by atoms with Crippen LogP contribution < -0.4 is 5.32 Å². The van der Waals surface area contributed by atoms with Crippen LogP contribution in [-0.4, -0.2) is 11.9 Å². The molecule has 0 fully saturated rings. The third-order valence-corrected chi connectivity index (χ3v) is 4.70. The summed E-state index contributed by atoms with van der Waals surface area (Å²) in [6, 6.07) is 12.6. The van der Waals surface area contributed by atoms with Crippen molar-refractivity contribution in [3.05, 3.63) is 87.8 Å². The minimum atomic E-state index is -4.69. The number of carbonyl (C=O) groups is 2. The fraction of sp³-hybridized carbons (Fsp3) is 0.182. The summed E-state index contributed by atoms with van der Waals surface area (Å²) in [4.78, 5) is 25.5. The Morgan fingerprint density at radius 1 is 1.06 bits per heavy atom. The van der Waals surface area contributed by atoms with Gasteiger partial charge in [-0.1, -0.05) is 41.9 Å². The Labute approximate surface area is 180 Å². The van der Waals surface area contributed by atoms with E-state index in [0.717, 1.165) is 6.07 Å². The number of halogens is 4. The minimum Gasteiger partial charge on any atom is -0.466 e. The molecule has 3 aromatic rings. The van der Waals surface area contributed by atoms with Crippen molar-refractivity contribution in [3.63, 3.8) is 0 Å². The average molecular weight is 452 g/mol. The molecule has 1 atom stereocenters. The molecule has 0 bridgehead atoms. The molecule has 3 rings (SSSR count). The fourth-order valence-electron chi connectivity index (χ4n) is 2.93. The zero-order chi connectivity index (χ0) is 22.8. The van der Waals surface area contributed by atoms with Crippen molar-refractivity contribution in [2.75, 3.05) is 5.32 Å². The SMILES string of the molecule is Cc1cc(C(=O)OC(C(=O)Nc2ccc(Cl)c(C(F)(F)F)c2)c2ccccc2)c(C)o1. The highest BCUT2D eigenvalue weighted by Crippen LogP contribution is 2.36. The molecule has 1 heterocycles. The smallest absolute Gasteiger partial charge is 0.417 e. The van der Waals surface area contributed by atoms with E-state index in [9.17, 15) is 22.8 Å². The number of hydrogen-bond acceptors (Lipinski definition) is 4. The van der Waals surface area contributed by atoms with E-state index in [2.05, 4.69) is 5.32 Å². The number of ether oxygens (including phenoxy) is 1. The monoisotopic (exact) mass is 451 g/mol. The van der Waals surface area contributed by atoms with E-state index in [1.807, 2.05) is 0 Å². The van der Waals surface area contributed by atoms with Gasteiger partial charge in [-0.15, -0.1) is 0 Å². The molecule has 1 unspecified atom stereocenters. The second-order valence-corrected chi connectivity index (χ2v) is 7.11. The van der Waals surface area contributed by atoms with E-state index in [-0.39, 0.29) is 11.3 Å². The Morgan fingerprint density at radius 3 is 2.32 bits per heavy atom. The van der Waals surface area contributed by atoms with Crippen LogP contribution in [0.2, 0.25) is 5.02 Å². The molecule has 0 saturated carbocycles. The summed E-state index contributed by atoms with van der Waals surface area (Å²) >= 11 is 5.62. The molecular weight excluding hydrogens is 435 g/mol. The van der Waals surface area contributed by atoms with E-state index in [0.29, 0.717) is 23.2 Å². The maximum absolute atomic E-state index is 13.1. The largest absolute Gasteiger partial charge is 0.466 e. The van der Waals surface area contributed by atoms with E-state index in [1.54, 1.807) is 44.2 Å². The van der Waals surface area contributed by atoms with Gasteiger partial charge in [-0.25, -0.2) is 4.79 Å². The van der Waals surface area contributed by atoms with E-state index in [1.165, 1.54) is 12.1 Å². The molecule has 1 aromatic heterocycles. The predicted molar refractivity (Wildman–Crippen MR) is 108 cm³/mol. The number of nitrogens with one attached hydrogen (secondary N) is 1. The van der Waals surface area contributed by atoms with Gasteiger partial charge in [0.05, 0.1) is 10.6 Å². The van der Waals surface area contributed by atoms with Gasteiger partial charge in [0.1, 0.15) is 17.1 Å². The lowest BCUT2D eigenvalue weighted by Crippen LogP contribution is -2.26. The lowest BCUT2D eigenvalue weighted by Gasteiger charge is -2.18. The Bertz CT molecular complexity index is 1110. The van der Waals surface area contributed by atoms with Crippen molar-refractivity contribution in [2.24, 2.45) is 0 Å². The van der Waals surface area contributed by atoms with Crippen LogP contribution in [-0.2, 0) is 15.7 Å². The maximum Gasteiger partial charge on any atom is 0.417 e. The number of esters is 1. The zero-order valence-electron chi connectivity index (χ0n) is 16.4. The summed E-state index contributed by atoms with van der Waals surface area (Å²) in [5.74, 6) is -0.813. The molecule has 31 heavy (non-hydrogen) atoms. The van der Waals surface area contributed by atoms with E-state index in [4.69, 9.17) is 20.8 Å². The van der Waals surface area contributed by atoms with Crippen LogP contribution in [0.1, 0.15) is 39.1 Å². The van der Waals surface area contributed by atoms with Gasteiger partial charge in [0, 0.05) is 11.3 Å². The van der Waals surface area contributed by atoms with Crippen LogP contribution in [0.15, 0.2) is 59.0 Å². The molecule has 162 valence electrons. The van der Waals surface area contributed by atoms with Gasteiger partial charge in [-0.05, 0) is 38.1 Å². The predicted octanol–water partition coefficient (Wildman–Crippen LogP) is 6.11. The van der Waals surface area contributed by atoms with Crippen molar-refractivity contribution in [3.8, 4) is 0 Å². The molecule has 5 nitrogen and oxygen atoms in total. The lowest BCUT2D eigenvalue weighted by atomic mass is 10.1. The first-order valence-corrected chi connectivity index (χ1v) is 9.44. The number of amides is 1. The molecule has 0 saturated heterocycles. The average Bonchev–Trinajstić information content (AvgIpc) is 3.05. The molecule has 2 aromatic carbocycles. The number of carbonyl (C=O) groups excluding carboxylic acids is 2. The lowest BCUT2D eigenvalue weighted by molar-refractivity contribution is -0.137. The molecule has 0 aliphatic rings. The highest BCUT2D eigenvalue weighted by Gasteiger charge is 2.34. The quantitative estimate of drug-likeness (QED) is 0.475. The Balaban J connectivity index is 1.89. The van der Waals surface area contributed by atoms with Crippen molar-refractivity contribution in [1.82, 2.24) is 0 Å². The van der Waals surface area contributed by atoms with Crippen LogP contribution in [0.25, 0.3) is 0 Å². The number of alkyl halides is 3. The number of hydrogen-bond donors (Lipinski definition) is 1. The number of furan rings is 1. The van der Waals surface area contributed by atoms with Gasteiger partial charge in [0.2, 0.25) is 6.10 Å². The Kier molecular flexibility index (Phi) is 6.40. The summed E-state index contributed by atoms with van der Waals surface area (Å²) in [6.07, 6.45) is -6.10. The standard InChI is InChI=1S/C22H17ClF3NO4/c1-12-10-16(13(2)30-12)21(29)31-19(14-6-4-3-5-7-14)20(28)27-15-8-9-18(23)17(11-15)22(24,25)26/h3-11,19H,1-2H3,(H,27,28). The third-order valence-electron chi connectivity index (χ3n) is 4.37.